The SMILES string of the molecule is COc1cccc(-c2cccc(NC(C)=O)c2C(F)(F)F)c1. The highest BCUT2D eigenvalue weighted by atomic mass is 19.4. The van der Waals surface area contributed by atoms with E-state index in [1.807, 2.05) is 0 Å². The Morgan fingerprint density at radius 3 is 2.41 bits per heavy atom. The van der Waals surface area contributed by atoms with Crippen LogP contribution in [-0.4, -0.2) is 13.0 Å². The van der Waals surface area contributed by atoms with Crippen LogP contribution in [0, 0.1) is 0 Å². The van der Waals surface area contributed by atoms with Crippen molar-refractivity contribution in [1.29, 1.82) is 0 Å². The fourth-order valence-corrected chi connectivity index (χ4v) is 2.18. The van der Waals surface area contributed by atoms with Gasteiger partial charge in [-0.05, 0) is 29.3 Å². The molecule has 22 heavy (non-hydrogen) atoms. The van der Waals surface area contributed by atoms with E-state index >= 15 is 0 Å². The van der Waals surface area contributed by atoms with Crippen LogP contribution in [0.2, 0.25) is 0 Å². The van der Waals surface area contributed by atoms with Gasteiger partial charge in [-0.2, -0.15) is 13.2 Å². The van der Waals surface area contributed by atoms with Crippen molar-refractivity contribution in [2.45, 2.75) is 13.1 Å². The molecule has 2 aromatic carbocycles. The second-order valence-corrected chi connectivity index (χ2v) is 4.64. The van der Waals surface area contributed by atoms with Gasteiger partial charge in [-0.15, -0.1) is 0 Å². The highest BCUT2D eigenvalue weighted by Gasteiger charge is 2.36. The van der Waals surface area contributed by atoms with Crippen molar-refractivity contribution in [3.63, 3.8) is 0 Å². The highest BCUT2D eigenvalue weighted by Crippen LogP contribution is 2.42. The lowest BCUT2D eigenvalue weighted by Crippen LogP contribution is -2.15. The molecule has 3 nitrogen and oxygen atoms in total. The maximum absolute atomic E-state index is 13.4. The number of alkyl halides is 3. The third-order valence-electron chi connectivity index (χ3n) is 3.04. The highest BCUT2D eigenvalue weighted by molar-refractivity contribution is 5.91. The van der Waals surface area contributed by atoms with E-state index in [0.717, 1.165) is 0 Å². The number of carbonyl (C=O) groups is 1. The Kier molecular flexibility index (Phi) is 4.40. The summed E-state index contributed by atoms with van der Waals surface area (Å²) in [5.74, 6) is -0.108. The van der Waals surface area contributed by atoms with Crippen LogP contribution >= 0.6 is 0 Å². The molecule has 0 unspecified atom stereocenters. The zero-order valence-electron chi connectivity index (χ0n) is 12.0. The molecule has 0 aliphatic heterocycles. The van der Waals surface area contributed by atoms with Gasteiger partial charge in [0.05, 0.1) is 18.4 Å². The van der Waals surface area contributed by atoms with Gasteiger partial charge in [0, 0.05) is 6.92 Å². The molecular formula is C16H14F3NO2. The molecule has 0 saturated heterocycles. The first-order chi connectivity index (χ1) is 10.3. The summed E-state index contributed by atoms with van der Waals surface area (Å²) >= 11 is 0. The van der Waals surface area contributed by atoms with Gasteiger partial charge < -0.3 is 10.1 Å². The predicted molar refractivity (Wildman–Crippen MR) is 77.7 cm³/mol. The van der Waals surface area contributed by atoms with Crippen molar-refractivity contribution in [2.75, 3.05) is 12.4 Å². The van der Waals surface area contributed by atoms with Crippen LogP contribution in [0.1, 0.15) is 12.5 Å². The average molecular weight is 309 g/mol. The Hall–Kier alpha value is -2.50. The van der Waals surface area contributed by atoms with Crippen molar-refractivity contribution >= 4 is 11.6 Å². The number of methoxy groups -OCH3 is 1. The van der Waals surface area contributed by atoms with Crippen LogP contribution in [0.5, 0.6) is 5.75 Å². The first-order valence-electron chi connectivity index (χ1n) is 6.45. The van der Waals surface area contributed by atoms with Crippen molar-refractivity contribution in [1.82, 2.24) is 0 Å². The minimum atomic E-state index is -4.60. The average Bonchev–Trinajstić information content (AvgIpc) is 2.45. The fourth-order valence-electron chi connectivity index (χ4n) is 2.18. The summed E-state index contributed by atoms with van der Waals surface area (Å²) < 4.78 is 45.4. The zero-order chi connectivity index (χ0) is 16.3. The second-order valence-electron chi connectivity index (χ2n) is 4.64. The molecule has 1 amide bonds. The van der Waals surface area contributed by atoms with Gasteiger partial charge in [0.1, 0.15) is 5.75 Å². The van der Waals surface area contributed by atoms with E-state index in [1.165, 1.54) is 38.3 Å². The number of ether oxygens (including phenoxy) is 1. The first-order valence-corrected chi connectivity index (χ1v) is 6.45. The molecule has 0 aliphatic rings. The van der Waals surface area contributed by atoms with E-state index in [2.05, 4.69) is 5.32 Å². The Labute approximate surface area is 125 Å². The molecule has 0 saturated carbocycles. The lowest BCUT2D eigenvalue weighted by Gasteiger charge is -2.18. The molecule has 2 rings (SSSR count). The third kappa shape index (κ3) is 3.39. The maximum Gasteiger partial charge on any atom is 0.419 e. The molecule has 0 fully saturated rings. The van der Waals surface area contributed by atoms with Crippen LogP contribution in [-0.2, 0) is 11.0 Å². The van der Waals surface area contributed by atoms with Crippen LogP contribution in [0.25, 0.3) is 11.1 Å². The lowest BCUT2D eigenvalue weighted by molar-refractivity contribution is -0.136. The molecule has 0 aromatic heterocycles. The number of rotatable bonds is 3. The van der Waals surface area contributed by atoms with Crippen molar-refractivity contribution in [3.8, 4) is 16.9 Å². The molecule has 0 bridgehead atoms. The number of halogens is 3. The topological polar surface area (TPSA) is 38.3 Å². The van der Waals surface area contributed by atoms with Crippen LogP contribution in [0.4, 0.5) is 18.9 Å². The molecule has 0 spiro atoms. The van der Waals surface area contributed by atoms with Gasteiger partial charge in [0.15, 0.2) is 0 Å². The van der Waals surface area contributed by atoms with Crippen molar-refractivity contribution in [2.24, 2.45) is 0 Å². The molecule has 0 radical (unpaired) electrons. The van der Waals surface area contributed by atoms with Gasteiger partial charge >= 0.3 is 6.18 Å². The summed E-state index contributed by atoms with van der Waals surface area (Å²) in [6.45, 7) is 1.17. The van der Waals surface area contributed by atoms with Gasteiger partial charge in [-0.3, -0.25) is 4.79 Å². The molecule has 2 aromatic rings. The van der Waals surface area contributed by atoms with Crippen molar-refractivity contribution in [3.05, 3.63) is 48.0 Å². The molecule has 0 heterocycles. The summed E-state index contributed by atoms with van der Waals surface area (Å²) in [6.07, 6.45) is -4.60. The maximum atomic E-state index is 13.4. The number of hydrogen-bond acceptors (Lipinski definition) is 2. The third-order valence-corrected chi connectivity index (χ3v) is 3.04. The zero-order valence-corrected chi connectivity index (χ0v) is 12.0. The smallest absolute Gasteiger partial charge is 0.419 e. The Bertz CT molecular complexity index is 696. The monoisotopic (exact) mass is 309 g/mol. The number of carbonyl (C=O) groups excluding carboxylic acids is 1. The van der Waals surface area contributed by atoms with Crippen LogP contribution in [0.3, 0.4) is 0 Å². The molecule has 0 atom stereocenters. The Balaban J connectivity index is 2.66. The minimum absolute atomic E-state index is 0.0161. The normalized spacial score (nSPS) is 11.1. The van der Waals surface area contributed by atoms with Gasteiger partial charge in [-0.25, -0.2) is 0 Å². The second kappa shape index (κ2) is 6.09. The number of hydrogen-bond donors (Lipinski definition) is 1. The van der Waals surface area contributed by atoms with E-state index in [4.69, 9.17) is 4.74 Å². The number of nitrogens with one attached hydrogen (secondary N) is 1. The van der Waals surface area contributed by atoms with E-state index in [1.54, 1.807) is 18.2 Å². The quantitative estimate of drug-likeness (QED) is 0.916. The summed E-state index contributed by atoms with van der Waals surface area (Å²) in [5, 5.41) is 2.23. The number of anilines is 1. The molecule has 0 aliphatic carbocycles. The standard InChI is InChI=1S/C16H14F3NO2/c1-10(21)20-14-8-4-7-13(15(14)16(17,18)19)11-5-3-6-12(9-11)22-2/h3-9H,1-2H3,(H,20,21). The van der Waals surface area contributed by atoms with E-state index in [9.17, 15) is 18.0 Å². The lowest BCUT2D eigenvalue weighted by atomic mass is 9.97. The molecule has 1 N–H and O–H groups in total. The first kappa shape index (κ1) is 15.9. The van der Waals surface area contributed by atoms with E-state index in [0.29, 0.717) is 11.3 Å². The number of amides is 1. The molecule has 6 heteroatoms. The van der Waals surface area contributed by atoms with E-state index in [-0.39, 0.29) is 11.3 Å². The van der Waals surface area contributed by atoms with Crippen LogP contribution < -0.4 is 10.1 Å². The molecule has 116 valence electrons. The van der Waals surface area contributed by atoms with Gasteiger partial charge in [0.25, 0.3) is 0 Å². The summed E-state index contributed by atoms with van der Waals surface area (Å²) in [4.78, 5) is 11.1. The Morgan fingerprint density at radius 2 is 1.82 bits per heavy atom. The summed E-state index contributed by atoms with van der Waals surface area (Å²) in [5.41, 5.74) is -0.796. The Morgan fingerprint density at radius 1 is 1.14 bits per heavy atom. The van der Waals surface area contributed by atoms with Gasteiger partial charge in [-0.1, -0.05) is 24.3 Å². The fraction of sp³-hybridized carbons (Fsp3) is 0.188. The van der Waals surface area contributed by atoms with Crippen molar-refractivity contribution < 1.29 is 22.7 Å². The number of benzene rings is 2. The van der Waals surface area contributed by atoms with Gasteiger partial charge in [0.2, 0.25) is 5.91 Å². The van der Waals surface area contributed by atoms with Crippen LogP contribution in [0.15, 0.2) is 42.5 Å². The summed E-state index contributed by atoms with van der Waals surface area (Å²) in [6, 6.07) is 10.4. The minimum Gasteiger partial charge on any atom is -0.497 e. The largest absolute Gasteiger partial charge is 0.497 e. The summed E-state index contributed by atoms with van der Waals surface area (Å²) in [7, 11) is 1.44. The van der Waals surface area contributed by atoms with E-state index < -0.39 is 17.6 Å². The predicted octanol–water partition coefficient (Wildman–Crippen LogP) is 4.34. The molecular weight excluding hydrogens is 295 g/mol.